The number of nitrogens with one attached hydrogen (secondary N) is 1. The molecule has 2 heterocycles. The Bertz CT molecular complexity index is 1120. The van der Waals surface area contributed by atoms with Crippen LogP contribution in [-0.4, -0.2) is 16.0 Å². The third-order valence-corrected chi connectivity index (χ3v) is 5.79. The Morgan fingerprint density at radius 3 is 2.85 bits per heavy atom. The number of aromatic nitrogens is 2. The minimum atomic E-state index is -0.0513. The Labute approximate surface area is 160 Å². The number of aryl methyl sites for hydroxylation is 3. The lowest BCUT2D eigenvalue weighted by molar-refractivity contribution is -0.116. The average Bonchev–Trinajstić information content (AvgIpc) is 3.43. The summed E-state index contributed by atoms with van der Waals surface area (Å²) in [5, 5.41) is 11.4. The summed E-state index contributed by atoms with van der Waals surface area (Å²) < 4.78 is 5.26. The first-order valence-corrected chi connectivity index (χ1v) is 9.86. The van der Waals surface area contributed by atoms with E-state index in [0.29, 0.717) is 24.6 Å². The van der Waals surface area contributed by atoms with Gasteiger partial charge in [0.1, 0.15) is 0 Å². The molecular formula is C21H17N3O2S. The van der Waals surface area contributed by atoms with Crippen molar-refractivity contribution in [2.75, 3.05) is 5.32 Å². The Balaban J connectivity index is 1.29. The highest BCUT2D eigenvalue weighted by Gasteiger charge is 2.17. The van der Waals surface area contributed by atoms with Crippen molar-refractivity contribution >= 4 is 33.7 Å². The molecule has 0 atom stereocenters. The highest BCUT2D eigenvalue weighted by atomic mass is 32.1. The van der Waals surface area contributed by atoms with Crippen molar-refractivity contribution in [2.24, 2.45) is 0 Å². The third kappa shape index (κ3) is 3.02. The molecule has 0 saturated carbocycles. The van der Waals surface area contributed by atoms with Crippen LogP contribution in [0.2, 0.25) is 0 Å². The zero-order chi connectivity index (χ0) is 18.2. The molecule has 5 rings (SSSR count). The van der Waals surface area contributed by atoms with Gasteiger partial charge in [-0.05, 0) is 46.9 Å². The van der Waals surface area contributed by atoms with E-state index in [1.807, 2.05) is 23.6 Å². The quantitative estimate of drug-likeness (QED) is 0.553. The molecule has 4 aromatic rings. The minimum absolute atomic E-state index is 0.0513. The third-order valence-electron chi connectivity index (χ3n) is 4.93. The number of rotatable bonds is 5. The minimum Gasteiger partial charge on any atom is -0.339 e. The molecule has 1 N–H and O–H groups in total. The predicted octanol–water partition coefficient (Wildman–Crippen LogP) is 4.62. The van der Waals surface area contributed by atoms with Crippen LogP contribution in [0.1, 0.15) is 23.4 Å². The number of thiophene rings is 1. The lowest BCUT2D eigenvalue weighted by atomic mass is 10.0. The molecule has 6 heteroatoms. The van der Waals surface area contributed by atoms with E-state index >= 15 is 0 Å². The van der Waals surface area contributed by atoms with Gasteiger partial charge in [0.05, 0.1) is 4.88 Å². The maximum atomic E-state index is 12.5. The van der Waals surface area contributed by atoms with Gasteiger partial charge in [-0.1, -0.05) is 35.5 Å². The van der Waals surface area contributed by atoms with E-state index in [4.69, 9.17) is 4.52 Å². The summed E-state index contributed by atoms with van der Waals surface area (Å²) in [6, 6.07) is 14.3. The molecule has 0 spiro atoms. The van der Waals surface area contributed by atoms with E-state index in [2.05, 4.69) is 39.7 Å². The monoisotopic (exact) mass is 375 g/mol. The molecule has 5 nitrogen and oxygen atoms in total. The van der Waals surface area contributed by atoms with Crippen LogP contribution >= 0.6 is 11.3 Å². The summed E-state index contributed by atoms with van der Waals surface area (Å²) in [6.07, 6.45) is 2.88. The van der Waals surface area contributed by atoms with Crippen LogP contribution in [0.3, 0.4) is 0 Å². The normalized spacial score (nSPS) is 12.6. The number of carbonyl (C=O) groups excluding carboxylic acids is 1. The smallest absolute Gasteiger partial charge is 0.227 e. The second-order valence-corrected chi connectivity index (χ2v) is 7.60. The predicted molar refractivity (Wildman–Crippen MR) is 106 cm³/mol. The summed E-state index contributed by atoms with van der Waals surface area (Å²) in [6.45, 7) is 0. The molecule has 0 bridgehead atoms. The number of benzene rings is 2. The van der Waals surface area contributed by atoms with Gasteiger partial charge < -0.3 is 9.84 Å². The molecular weight excluding hydrogens is 358 g/mol. The van der Waals surface area contributed by atoms with Crippen molar-refractivity contribution in [3.8, 4) is 10.7 Å². The van der Waals surface area contributed by atoms with Gasteiger partial charge in [0.25, 0.3) is 0 Å². The van der Waals surface area contributed by atoms with E-state index in [1.54, 1.807) is 11.3 Å². The molecule has 0 radical (unpaired) electrons. The fraction of sp³-hybridized carbons (Fsp3) is 0.190. The van der Waals surface area contributed by atoms with Crippen LogP contribution in [-0.2, 0) is 24.1 Å². The summed E-state index contributed by atoms with van der Waals surface area (Å²) in [5.41, 5.74) is 3.60. The van der Waals surface area contributed by atoms with Gasteiger partial charge in [0.15, 0.2) is 0 Å². The van der Waals surface area contributed by atoms with Gasteiger partial charge in [-0.2, -0.15) is 4.98 Å². The first-order valence-electron chi connectivity index (χ1n) is 8.98. The zero-order valence-corrected chi connectivity index (χ0v) is 15.4. The number of hydrogen-bond donors (Lipinski definition) is 1. The molecule has 0 unspecified atom stereocenters. The lowest BCUT2D eigenvalue weighted by Crippen LogP contribution is -2.12. The average molecular weight is 375 g/mol. The maximum absolute atomic E-state index is 12.5. The summed E-state index contributed by atoms with van der Waals surface area (Å²) in [4.78, 5) is 17.8. The fourth-order valence-electron chi connectivity index (χ4n) is 3.65. The van der Waals surface area contributed by atoms with Crippen LogP contribution in [0.15, 0.2) is 52.4 Å². The van der Waals surface area contributed by atoms with Gasteiger partial charge in [0.2, 0.25) is 17.6 Å². The van der Waals surface area contributed by atoms with Crippen molar-refractivity contribution < 1.29 is 9.32 Å². The highest BCUT2D eigenvalue weighted by Crippen LogP contribution is 2.35. The van der Waals surface area contributed by atoms with Crippen molar-refractivity contribution in [3.63, 3.8) is 0 Å². The second kappa shape index (κ2) is 6.63. The van der Waals surface area contributed by atoms with Crippen molar-refractivity contribution in [1.29, 1.82) is 0 Å². The lowest BCUT2D eigenvalue weighted by Gasteiger charge is -2.10. The molecule has 0 aliphatic heterocycles. The van der Waals surface area contributed by atoms with Crippen LogP contribution < -0.4 is 5.32 Å². The van der Waals surface area contributed by atoms with Crippen molar-refractivity contribution in [3.05, 3.63) is 64.9 Å². The fourth-order valence-corrected chi connectivity index (χ4v) is 4.30. The second-order valence-electron chi connectivity index (χ2n) is 6.65. The molecule has 2 aromatic heterocycles. The van der Waals surface area contributed by atoms with Gasteiger partial charge in [-0.3, -0.25) is 4.79 Å². The first-order chi connectivity index (χ1) is 13.3. The van der Waals surface area contributed by atoms with E-state index in [0.717, 1.165) is 28.8 Å². The molecule has 1 amide bonds. The van der Waals surface area contributed by atoms with E-state index in [-0.39, 0.29) is 5.91 Å². The molecule has 134 valence electrons. The Kier molecular flexibility index (Phi) is 3.98. The summed E-state index contributed by atoms with van der Waals surface area (Å²) in [5.74, 6) is 1.01. The van der Waals surface area contributed by atoms with Crippen LogP contribution in [0.5, 0.6) is 0 Å². The molecule has 27 heavy (non-hydrogen) atoms. The summed E-state index contributed by atoms with van der Waals surface area (Å²) in [7, 11) is 0. The summed E-state index contributed by atoms with van der Waals surface area (Å²) >= 11 is 1.56. The van der Waals surface area contributed by atoms with E-state index in [1.165, 1.54) is 16.5 Å². The topological polar surface area (TPSA) is 68.0 Å². The molecule has 2 aromatic carbocycles. The molecule has 1 aliphatic carbocycles. The number of nitrogens with zero attached hydrogens (tertiary/aromatic N) is 2. The Hall–Kier alpha value is -2.99. The highest BCUT2D eigenvalue weighted by molar-refractivity contribution is 7.13. The van der Waals surface area contributed by atoms with Crippen LogP contribution in [0.4, 0.5) is 5.69 Å². The van der Waals surface area contributed by atoms with Crippen LogP contribution in [0.25, 0.3) is 21.5 Å². The van der Waals surface area contributed by atoms with Gasteiger partial charge in [-0.15, -0.1) is 11.3 Å². The van der Waals surface area contributed by atoms with Gasteiger partial charge in [0, 0.05) is 23.9 Å². The molecule has 1 aliphatic rings. The maximum Gasteiger partial charge on any atom is 0.227 e. The van der Waals surface area contributed by atoms with Crippen molar-refractivity contribution in [1.82, 2.24) is 10.1 Å². The number of anilines is 1. The standard InChI is InChI=1S/C21H17N3O2S/c25-18(10-11-19-23-21(24-26-19)17-5-2-12-27-17)22-16-9-8-14-7-6-13-3-1-4-15(16)20(13)14/h1-5,8-9,12H,6-7,10-11H2,(H,22,25). The molecule has 0 saturated heterocycles. The van der Waals surface area contributed by atoms with E-state index in [9.17, 15) is 4.79 Å². The molecule has 0 fully saturated rings. The van der Waals surface area contributed by atoms with Gasteiger partial charge in [-0.25, -0.2) is 0 Å². The number of hydrogen-bond acceptors (Lipinski definition) is 5. The van der Waals surface area contributed by atoms with E-state index < -0.39 is 0 Å². The van der Waals surface area contributed by atoms with Crippen LogP contribution in [0, 0.1) is 0 Å². The van der Waals surface area contributed by atoms with Crippen molar-refractivity contribution in [2.45, 2.75) is 25.7 Å². The largest absolute Gasteiger partial charge is 0.339 e. The first kappa shape index (κ1) is 16.2. The van der Waals surface area contributed by atoms with Gasteiger partial charge >= 0.3 is 0 Å². The number of amides is 1. The Morgan fingerprint density at radius 2 is 2.00 bits per heavy atom. The SMILES string of the molecule is O=C(CCc1nc(-c2cccs2)no1)Nc1ccc2c3c(cccc13)CC2. The zero-order valence-electron chi connectivity index (χ0n) is 14.6. The Morgan fingerprint density at radius 1 is 1.11 bits per heavy atom. The number of carbonyl (C=O) groups is 1.